The first-order valence-corrected chi connectivity index (χ1v) is 6.29. The Morgan fingerprint density at radius 2 is 1.84 bits per heavy atom. The standard InChI is InChI=1S/C16H16O3/c1-18-15-4-2-3-11(8-15)16(17)12-5-6-13-9-19-10-14(13)7-12/h2-8,16-17H,9-10H2,1H3. The van der Waals surface area contributed by atoms with Crippen molar-refractivity contribution in [1.29, 1.82) is 0 Å². The van der Waals surface area contributed by atoms with Gasteiger partial charge in [-0.15, -0.1) is 0 Å². The van der Waals surface area contributed by atoms with Gasteiger partial charge in [-0.2, -0.15) is 0 Å². The Hall–Kier alpha value is -1.84. The summed E-state index contributed by atoms with van der Waals surface area (Å²) in [4.78, 5) is 0. The molecule has 1 atom stereocenters. The molecule has 3 rings (SSSR count). The molecule has 0 spiro atoms. The normalized spacial score (nSPS) is 15.1. The van der Waals surface area contributed by atoms with E-state index in [1.54, 1.807) is 7.11 Å². The molecule has 98 valence electrons. The molecule has 0 saturated heterocycles. The van der Waals surface area contributed by atoms with Crippen LogP contribution in [0.2, 0.25) is 0 Å². The summed E-state index contributed by atoms with van der Waals surface area (Å²) in [6.45, 7) is 1.30. The molecule has 0 radical (unpaired) electrons. The first-order valence-electron chi connectivity index (χ1n) is 6.29. The van der Waals surface area contributed by atoms with Crippen LogP contribution < -0.4 is 4.74 Å². The van der Waals surface area contributed by atoms with E-state index in [-0.39, 0.29) is 0 Å². The molecular weight excluding hydrogens is 240 g/mol. The van der Waals surface area contributed by atoms with Gasteiger partial charge in [-0.05, 0) is 34.4 Å². The molecule has 0 fully saturated rings. The molecule has 1 aliphatic rings. The highest BCUT2D eigenvalue weighted by molar-refractivity contribution is 5.39. The van der Waals surface area contributed by atoms with Crippen LogP contribution in [-0.2, 0) is 18.0 Å². The molecule has 2 aromatic rings. The van der Waals surface area contributed by atoms with Crippen LogP contribution in [0.1, 0.15) is 28.4 Å². The average Bonchev–Trinajstić information content (AvgIpc) is 2.94. The van der Waals surface area contributed by atoms with E-state index in [0.717, 1.165) is 16.9 Å². The number of hydrogen-bond acceptors (Lipinski definition) is 3. The molecule has 1 N–H and O–H groups in total. The van der Waals surface area contributed by atoms with Gasteiger partial charge in [-0.25, -0.2) is 0 Å². The van der Waals surface area contributed by atoms with Gasteiger partial charge in [0.05, 0.1) is 20.3 Å². The third kappa shape index (κ3) is 2.35. The fourth-order valence-electron chi connectivity index (χ4n) is 2.37. The van der Waals surface area contributed by atoms with Gasteiger partial charge in [0.15, 0.2) is 0 Å². The predicted octanol–water partition coefficient (Wildman–Crippen LogP) is 2.81. The number of rotatable bonds is 3. The van der Waals surface area contributed by atoms with Gasteiger partial charge >= 0.3 is 0 Å². The van der Waals surface area contributed by atoms with E-state index < -0.39 is 6.10 Å². The monoisotopic (exact) mass is 256 g/mol. The average molecular weight is 256 g/mol. The minimum absolute atomic E-state index is 0.633. The number of ether oxygens (including phenoxy) is 2. The number of benzene rings is 2. The van der Waals surface area contributed by atoms with Gasteiger partial charge in [0.2, 0.25) is 0 Å². The first-order chi connectivity index (χ1) is 9.28. The number of aliphatic hydroxyl groups is 1. The van der Waals surface area contributed by atoms with E-state index in [2.05, 4.69) is 0 Å². The molecular formula is C16H16O3. The number of aliphatic hydroxyl groups excluding tert-OH is 1. The molecule has 3 nitrogen and oxygen atoms in total. The Bertz CT molecular complexity index is 592. The van der Waals surface area contributed by atoms with Crippen molar-refractivity contribution in [1.82, 2.24) is 0 Å². The molecule has 19 heavy (non-hydrogen) atoms. The van der Waals surface area contributed by atoms with Gasteiger partial charge in [-0.3, -0.25) is 0 Å². The van der Waals surface area contributed by atoms with E-state index >= 15 is 0 Å². The van der Waals surface area contributed by atoms with Gasteiger partial charge in [0.1, 0.15) is 11.9 Å². The maximum Gasteiger partial charge on any atom is 0.119 e. The summed E-state index contributed by atoms with van der Waals surface area (Å²) < 4.78 is 10.6. The summed E-state index contributed by atoms with van der Waals surface area (Å²) in [7, 11) is 1.62. The van der Waals surface area contributed by atoms with Crippen LogP contribution in [0.4, 0.5) is 0 Å². The Labute approximate surface area is 112 Å². The van der Waals surface area contributed by atoms with Crippen molar-refractivity contribution in [2.24, 2.45) is 0 Å². The van der Waals surface area contributed by atoms with Crippen molar-refractivity contribution in [2.45, 2.75) is 19.3 Å². The second-order valence-electron chi connectivity index (χ2n) is 4.70. The molecule has 0 amide bonds. The van der Waals surface area contributed by atoms with Gasteiger partial charge < -0.3 is 14.6 Å². The van der Waals surface area contributed by atoms with E-state index in [1.165, 1.54) is 11.1 Å². The lowest BCUT2D eigenvalue weighted by molar-refractivity contribution is 0.134. The SMILES string of the molecule is COc1cccc(C(O)c2ccc3c(c2)COC3)c1. The lowest BCUT2D eigenvalue weighted by Crippen LogP contribution is -2.01. The van der Waals surface area contributed by atoms with Gasteiger partial charge in [0, 0.05) is 0 Å². The zero-order chi connectivity index (χ0) is 13.2. The Morgan fingerprint density at radius 3 is 2.68 bits per heavy atom. The smallest absolute Gasteiger partial charge is 0.119 e. The maximum atomic E-state index is 10.4. The number of methoxy groups -OCH3 is 1. The molecule has 0 aromatic heterocycles. The topological polar surface area (TPSA) is 38.7 Å². The molecule has 1 aliphatic heterocycles. The predicted molar refractivity (Wildman–Crippen MR) is 72.0 cm³/mol. The van der Waals surface area contributed by atoms with E-state index in [4.69, 9.17) is 9.47 Å². The maximum absolute atomic E-state index is 10.4. The lowest BCUT2D eigenvalue weighted by atomic mass is 9.98. The summed E-state index contributed by atoms with van der Waals surface area (Å²) in [5.74, 6) is 0.751. The highest BCUT2D eigenvalue weighted by Crippen LogP contribution is 2.28. The largest absolute Gasteiger partial charge is 0.497 e. The lowest BCUT2D eigenvalue weighted by Gasteiger charge is -2.13. The summed E-state index contributed by atoms with van der Waals surface area (Å²) in [6, 6.07) is 13.5. The van der Waals surface area contributed by atoms with Crippen LogP contribution in [0.5, 0.6) is 5.75 Å². The zero-order valence-corrected chi connectivity index (χ0v) is 10.8. The third-order valence-electron chi connectivity index (χ3n) is 3.47. The summed E-state index contributed by atoms with van der Waals surface area (Å²) in [6.07, 6.45) is -0.638. The van der Waals surface area contributed by atoms with E-state index in [1.807, 2.05) is 42.5 Å². The summed E-state index contributed by atoms with van der Waals surface area (Å²) in [5.41, 5.74) is 4.09. The Kier molecular flexibility index (Phi) is 3.23. The van der Waals surface area contributed by atoms with Crippen LogP contribution in [-0.4, -0.2) is 12.2 Å². The molecule has 3 heteroatoms. The van der Waals surface area contributed by atoms with E-state index in [9.17, 15) is 5.11 Å². The molecule has 0 bridgehead atoms. The Balaban J connectivity index is 1.92. The second kappa shape index (κ2) is 5.03. The highest BCUT2D eigenvalue weighted by Gasteiger charge is 2.16. The fraction of sp³-hybridized carbons (Fsp3) is 0.250. The van der Waals surface area contributed by atoms with Crippen molar-refractivity contribution in [2.75, 3.05) is 7.11 Å². The number of fused-ring (bicyclic) bond motifs is 1. The van der Waals surface area contributed by atoms with Crippen molar-refractivity contribution in [3.8, 4) is 5.75 Å². The molecule has 2 aromatic carbocycles. The minimum Gasteiger partial charge on any atom is -0.497 e. The van der Waals surface area contributed by atoms with Crippen LogP contribution in [0.15, 0.2) is 42.5 Å². The molecule has 1 unspecified atom stereocenters. The van der Waals surface area contributed by atoms with Crippen molar-refractivity contribution < 1.29 is 14.6 Å². The quantitative estimate of drug-likeness (QED) is 0.917. The van der Waals surface area contributed by atoms with E-state index in [0.29, 0.717) is 13.2 Å². The Morgan fingerprint density at radius 1 is 1.05 bits per heavy atom. The third-order valence-corrected chi connectivity index (χ3v) is 3.47. The zero-order valence-electron chi connectivity index (χ0n) is 10.8. The van der Waals surface area contributed by atoms with Crippen molar-refractivity contribution in [3.63, 3.8) is 0 Å². The fourth-order valence-corrected chi connectivity index (χ4v) is 2.37. The van der Waals surface area contributed by atoms with Crippen molar-refractivity contribution >= 4 is 0 Å². The van der Waals surface area contributed by atoms with Gasteiger partial charge in [-0.1, -0.05) is 30.3 Å². The van der Waals surface area contributed by atoms with Crippen LogP contribution in [0.3, 0.4) is 0 Å². The number of hydrogen-bond donors (Lipinski definition) is 1. The summed E-state index contributed by atoms with van der Waals surface area (Å²) in [5, 5.41) is 10.4. The highest BCUT2D eigenvalue weighted by atomic mass is 16.5. The van der Waals surface area contributed by atoms with Crippen LogP contribution >= 0.6 is 0 Å². The second-order valence-corrected chi connectivity index (χ2v) is 4.70. The van der Waals surface area contributed by atoms with Gasteiger partial charge in [0.25, 0.3) is 0 Å². The molecule has 1 heterocycles. The van der Waals surface area contributed by atoms with Crippen molar-refractivity contribution in [3.05, 3.63) is 64.7 Å². The first kappa shape index (κ1) is 12.2. The van der Waals surface area contributed by atoms with Crippen LogP contribution in [0, 0.1) is 0 Å². The minimum atomic E-state index is -0.638. The molecule has 0 saturated carbocycles. The molecule has 0 aliphatic carbocycles. The summed E-state index contributed by atoms with van der Waals surface area (Å²) >= 11 is 0. The van der Waals surface area contributed by atoms with Crippen LogP contribution in [0.25, 0.3) is 0 Å².